The summed E-state index contributed by atoms with van der Waals surface area (Å²) in [7, 11) is -3.74. The lowest BCUT2D eigenvalue weighted by atomic mass is 9.94. The standard InChI is InChI=1S/C27H33N3O3S/c1-4-20-8-10-21(11-9-20)18-28-27(31)23-14-16-30(17-15-23)26-24(5-2)25(34(32,33)29-26)22-12-6-19(3)7-13-22/h6-13,23H,4-5,14-18H2,1-3H3,(H,28,31). The Morgan fingerprint density at radius 3 is 2.18 bits per heavy atom. The lowest BCUT2D eigenvalue weighted by molar-refractivity contribution is -0.126. The number of likely N-dealkylation sites (tertiary alicyclic amines) is 1. The highest BCUT2D eigenvalue weighted by Gasteiger charge is 2.36. The Morgan fingerprint density at radius 1 is 0.971 bits per heavy atom. The number of nitrogens with one attached hydrogen (secondary N) is 1. The second kappa shape index (κ2) is 10.1. The van der Waals surface area contributed by atoms with E-state index in [-0.39, 0.29) is 11.8 Å². The van der Waals surface area contributed by atoms with Crippen molar-refractivity contribution in [3.8, 4) is 0 Å². The number of sulfonamides is 1. The van der Waals surface area contributed by atoms with Gasteiger partial charge in [-0.3, -0.25) is 4.79 Å². The van der Waals surface area contributed by atoms with E-state index >= 15 is 0 Å². The normalized spacial score (nSPS) is 18.2. The van der Waals surface area contributed by atoms with Gasteiger partial charge in [-0.2, -0.15) is 8.42 Å². The third-order valence-electron chi connectivity index (χ3n) is 6.74. The van der Waals surface area contributed by atoms with Crippen LogP contribution < -0.4 is 5.32 Å². The quantitative estimate of drug-likeness (QED) is 0.664. The molecule has 2 aliphatic heterocycles. The molecule has 2 aliphatic rings. The van der Waals surface area contributed by atoms with E-state index in [1.807, 2.05) is 43.0 Å². The Hall–Kier alpha value is -2.93. The van der Waals surface area contributed by atoms with E-state index < -0.39 is 10.0 Å². The number of amides is 1. The van der Waals surface area contributed by atoms with E-state index in [0.717, 1.165) is 23.1 Å². The van der Waals surface area contributed by atoms with Crippen molar-refractivity contribution in [1.82, 2.24) is 10.2 Å². The maximum absolute atomic E-state index is 13.0. The summed E-state index contributed by atoms with van der Waals surface area (Å²) in [4.78, 5) is 15.1. The SMILES string of the molecule is CCC1=C(c2ccc(C)cc2)S(=O)(=O)N=C1N1CCC(C(=O)NCc2ccc(CC)cc2)CC1. The van der Waals surface area contributed by atoms with Crippen molar-refractivity contribution in [3.63, 3.8) is 0 Å². The average Bonchev–Trinajstić information content (AvgIpc) is 3.13. The molecule has 2 aromatic rings. The molecule has 0 aromatic heterocycles. The summed E-state index contributed by atoms with van der Waals surface area (Å²) in [6.45, 7) is 7.82. The molecule has 0 radical (unpaired) electrons. The number of hydrogen-bond acceptors (Lipinski definition) is 4. The molecular formula is C27H33N3O3S. The Morgan fingerprint density at radius 2 is 1.59 bits per heavy atom. The first-order valence-electron chi connectivity index (χ1n) is 12.1. The number of nitrogens with zero attached hydrogens (tertiary/aromatic N) is 2. The summed E-state index contributed by atoms with van der Waals surface area (Å²) in [5.41, 5.74) is 4.90. The Bertz CT molecular complexity index is 1200. The van der Waals surface area contributed by atoms with Crippen LogP contribution in [0.3, 0.4) is 0 Å². The number of aryl methyl sites for hydroxylation is 2. The number of benzene rings is 2. The minimum Gasteiger partial charge on any atom is -0.356 e. The van der Waals surface area contributed by atoms with Gasteiger partial charge >= 0.3 is 0 Å². The van der Waals surface area contributed by atoms with Gasteiger partial charge < -0.3 is 10.2 Å². The Balaban J connectivity index is 1.41. The molecule has 2 aromatic carbocycles. The van der Waals surface area contributed by atoms with Gasteiger partial charge in [0, 0.05) is 31.1 Å². The topological polar surface area (TPSA) is 78.8 Å². The van der Waals surface area contributed by atoms with Gasteiger partial charge in [0.05, 0.1) is 0 Å². The van der Waals surface area contributed by atoms with Crippen LogP contribution in [0.2, 0.25) is 0 Å². The fourth-order valence-electron chi connectivity index (χ4n) is 4.65. The molecule has 2 heterocycles. The smallest absolute Gasteiger partial charge is 0.285 e. The lowest BCUT2D eigenvalue weighted by Gasteiger charge is -2.33. The molecule has 34 heavy (non-hydrogen) atoms. The van der Waals surface area contributed by atoms with Crippen molar-refractivity contribution in [2.45, 2.75) is 53.0 Å². The largest absolute Gasteiger partial charge is 0.356 e. The van der Waals surface area contributed by atoms with Crippen LogP contribution >= 0.6 is 0 Å². The summed E-state index contributed by atoms with van der Waals surface area (Å²) >= 11 is 0. The number of carbonyl (C=O) groups is 1. The van der Waals surface area contributed by atoms with Gasteiger partial charge in [0.15, 0.2) is 0 Å². The van der Waals surface area contributed by atoms with Crippen LogP contribution in [-0.4, -0.2) is 38.2 Å². The van der Waals surface area contributed by atoms with Gasteiger partial charge in [-0.25, -0.2) is 0 Å². The Kier molecular flexibility index (Phi) is 7.22. The van der Waals surface area contributed by atoms with Crippen LogP contribution in [0.1, 0.15) is 55.4 Å². The molecule has 6 nitrogen and oxygen atoms in total. The lowest BCUT2D eigenvalue weighted by Crippen LogP contribution is -2.43. The molecule has 1 saturated heterocycles. The number of rotatable bonds is 6. The van der Waals surface area contributed by atoms with E-state index in [9.17, 15) is 13.2 Å². The van der Waals surface area contributed by atoms with Crippen molar-refractivity contribution < 1.29 is 13.2 Å². The van der Waals surface area contributed by atoms with Crippen molar-refractivity contribution in [3.05, 3.63) is 76.4 Å². The molecule has 1 amide bonds. The van der Waals surface area contributed by atoms with Gasteiger partial charge in [0.25, 0.3) is 10.0 Å². The first kappa shape index (κ1) is 24.2. The molecular weight excluding hydrogens is 446 g/mol. The van der Waals surface area contributed by atoms with Crippen LogP contribution in [0.25, 0.3) is 4.91 Å². The molecule has 0 spiro atoms. The molecule has 0 bridgehead atoms. The summed E-state index contributed by atoms with van der Waals surface area (Å²) < 4.78 is 30.1. The van der Waals surface area contributed by atoms with E-state index in [1.165, 1.54) is 5.56 Å². The van der Waals surface area contributed by atoms with Gasteiger partial charge in [-0.15, -0.1) is 4.40 Å². The van der Waals surface area contributed by atoms with Crippen molar-refractivity contribution in [2.24, 2.45) is 10.3 Å². The summed E-state index contributed by atoms with van der Waals surface area (Å²) in [5.74, 6) is 0.537. The number of carbonyl (C=O) groups excluding carboxylic acids is 1. The summed E-state index contributed by atoms with van der Waals surface area (Å²) in [6, 6.07) is 15.9. The van der Waals surface area contributed by atoms with Crippen LogP contribution in [0.4, 0.5) is 0 Å². The van der Waals surface area contributed by atoms with Gasteiger partial charge in [0.1, 0.15) is 10.7 Å². The van der Waals surface area contributed by atoms with Gasteiger partial charge in [-0.05, 0) is 49.3 Å². The Labute approximate surface area is 202 Å². The highest BCUT2D eigenvalue weighted by atomic mass is 32.2. The van der Waals surface area contributed by atoms with E-state index in [0.29, 0.717) is 55.2 Å². The van der Waals surface area contributed by atoms with Crippen LogP contribution in [-0.2, 0) is 27.8 Å². The third kappa shape index (κ3) is 5.09. The molecule has 180 valence electrons. The van der Waals surface area contributed by atoms with Crippen LogP contribution in [0, 0.1) is 12.8 Å². The predicted octanol–water partition coefficient (Wildman–Crippen LogP) is 4.45. The fraction of sp³-hybridized carbons (Fsp3) is 0.407. The average molecular weight is 480 g/mol. The summed E-state index contributed by atoms with van der Waals surface area (Å²) in [5, 5.41) is 3.06. The minimum absolute atomic E-state index is 0.0619. The second-order valence-electron chi connectivity index (χ2n) is 9.07. The molecule has 0 aliphatic carbocycles. The molecule has 0 atom stereocenters. The molecule has 0 unspecified atom stereocenters. The van der Waals surface area contributed by atoms with Crippen LogP contribution in [0.5, 0.6) is 0 Å². The zero-order valence-corrected chi connectivity index (χ0v) is 21.0. The first-order valence-corrected chi connectivity index (χ1v) is 13.5. The highest BCUT2D eigenvalue weighted by Crippen LogP contribution is 2.36. The minimum atomic E-state index is -3.74. The van der Waals surface area contributed by atoms with E-state index in [2.05, 4.69) is 40.9 Å². The predicted molar refractivity (Wildman–Crippen MR) is 137 cm³/mol. The van der Waals surface area contributed by atoms with Gasteiger partial charge in [0.2, 0.25) is 5.91 Å². The first-order chi connectivity index (χ1) is 16.3. The van der Waals surface area contributed by atoms with Crippen molar-refractivity contribution in [2.75, 3.05) is 13.1 Å². The molecule has 1 N–H and O–H groups in total. The van der Waals surface area contributed by atoms with Gasteiger partial charge in [-0.1, -0.05) is 67.9 Å². The molecule has 7 heteroatoms. The highest BCUT2D eigenvalue weighted by molar-refractivity contribution is 8.00. The zero-order valence-electron chi connectivity index (χ0n) is 20.2. The molecule has 1 fully saturated rings. The fourth-order valence-corrected chi connectivity index (χ4v) is 6.17. The number of piperidine rings is 1. The van der Waals surface area contributed by atoms with Crippen molar-refractivity contribution in [1.29, 1.82) is 0 Å². The maximum Gasteiger partial charge on any atom is 0.285 e. The summed E-state index contributed by atoms with van der Waals surface area (Å²) in [6.07, 6.45) is 2.94. The third-order valence-corrected chi connectivity index (χ3v) is 8.15. The number of amidine groups is 1. The van der Waals surface area contributed by atoms with E-state index in [1.54, 1.807) is 0 Å². The molecule has 0 saturated carbocycles. The maximum atomic E-state index is 13.0. The van der Waals surface area contributed by atoms with Crippen molar-refractivity contribution >= 4 is 26.7 Å². The second-order valence-corrected chi connectivity index (χ2v) is 10.6. The monoisotopic (exact) mass is 479 g/mol. The molecule has 4 rings (SSSR count). The van der Waals surface area contributed by atoms with Crippen LogP contribution in [0.15, 0.2) is 58.5 Å². The van der Waals surface area contributed by atoms with E-state index in [4.69, 9.17) is 0 Å². The number of hydrogen-bond donors (Lipinski definition) is 1. The zero-order chi connectivity index (χ0) is 24.3.